The fourth-order valence-electron chi connectivity index (χ4n) is 3.29. The highest BCUT2D eigenvalue weighted by atomic mass is 16.5. The van der Waals surface area contributed by atoms with E-state index in [1.54, 1.807) is 19.2 Å². The molecular weight excluding hydrogens is 416 g/mol. The van der Waals surface area contributed by atoms with Crippen molar-refractivity contribution in [1.82, 2.24) is 9.97 Å². The molecule has 0 aliphatic rings. The molecule has 0 radical (unpaired) electrons. The number of carbonyl (C=O) groups is 1. The van der Waals surface area contributed by atoms with Crippen molar-refractivity contribution in [2.45, 2.75) is 6.92 Å². The van der Waals surface area contributed by atoms with Gasteiger partial charge in [0.15, 0.2) is 18.1 Å². The van der Waals surface area contributed by atoms with Crippen molar-refractivity contribution in [2.75, 3.05) is 24.4 Å². The molecule has 33 heavy (non-hydrogen) atoms. The average Bonchev–Trinajstić information content (AvgIpc) is 2.83. The third-order valence-corrected chi connectivity index (χ3v) is 4.75. The Bertz CT molecular complexity index is 1250. The standard InChI is InChI=1S/C26H24N4O3/c1-18-27-22(19-9-4-3-5-10-19)16-25(28-18)29-20-11-8-12-21(15-20)30-26(31)17-33-24-14-7-6-13-23(24)32-2/h3-16H,17H2,1-2H3,(H,30,31)(H,27,28,29). The number of amides is 1. The maximum atomic E-state index is 12.4. The molecule has 1 heterocycles. The van der Waals surface area contributed by atoms with Gasteiger partial charge in [0.1, 0.15) is 11.6 Å². The Morgan fingerprint density at radius 3 is 2.36 bits per heavy atom. The van der Waals surface area contributed by atoms with Crippen LogP contribution < -0.4 is 20.1 Å². The maximum absolute atomic E-state index is 12.4. The molecule has 3 aromatic carbocycles. The first-order valence-corrected chi connectivity index (χ1v) is 10.4. The molecule has 0 spiro atoms. The molecule has 0 atom stereocenters. The van der Waals surface area contributed by atoms with Gasteiger partial charge in [-0.1, -0.05) is 48.5 Å². The predicted octanol–water partition coefficient (Wildman–Crippen LogP) is 5.22. The molecule has 1 aromatic heterocycles. The number of aromatic nitrogens is 2. The SMILES string of the molecule is COc1ccccc1OCC(=O)Nc1cccc(Nc2cc(-c3ccccc3)nc(C)n2)c1. The van der Waals surface area contributed by atoms with Crippen LogP contribution in [0.15, 0.2) is 84.9 Å². The molecule has 0 saturated heterocycles. The summed E-state index contributed by atoms with van der Waals surface area (Å²) < 4.78 is 10.8. The van der Waals surface area contributed by atoms with E-state index >= 15 is 0 Å². The van der Waals surface area contributed by atoms with Gasteiger partial charge in [0, 0.05) is 23.0 Å². The Balaban J connectivity index is 1.42. The summed E-state index contributed by atoms with van der Waals surface area (Å²) in [4.78, 5) is 21.4. The van der Waals surface area contributed by atoms with Crippen LogP contribution in [0.1, 0.15) is 5.82 Å². The minimum Gasteiger partial charge on any atom is -0.493 e. The number of methoxy groups -OCH3 is 1. The molecule has 0 unspecified atom stereocenters. The van der Waals surface area contributed by atoms with E-state index in [9.17, 15) is 4.79 Å². The summed E-state index contributed by atoms with van der Waals surface area (Å²) in [5.41, 5.74) is 3.28. The highest BCUT2D eigenvalue weighted by Crippen LogP contribution is 2.26. The number of carbonyl (C=O) groups excluding carboxylic acids is 1. The summed E-state index contributed by atoms with van der Waals surface area (Å²) in [5, 5.41) is 6.14. The smallest absolute Gasteiger partial charge is 0.262 e. The number of nitrogens with one attached hydrogen (secondary N) is 2. The zero-order valence-corrected chi connectivity index (χ0v) is 18.4. The molecule has 4 rings (SSSR count). The van der Waals surface area contributed by atoms with Crippen molar-refractivity contribution >= 4 is 23.1 Å². The van der Waals surface area contributed by atoms with E-state index in [0.717, 1.165) is 16.9 Å². The Morgan fingerprint density at radius 2 is 1.58 bits per heavy atom. The third-order valence-electron chi connectivity index (χ3n) is 4.75. The number of para-hydroxylation sites is 2. The van der Waals surface area contributed by atoms with E-state index in [1.165, 1.54) is 0 Å². The maximum Gasteiger partial charge on any atom is 0.262 e. The van der Waals surface area contributed by atoms with Gasteiger partial charge in [-0.25, -0.2) is 9.97 Å². The summed E-state index contributed by atoms with van der Waals surface area (Å²) in [6.45, 7) is 1.72. The quantitative estimate of drug-likeness (QED) is 0.391. The highest BCUT2D eigenvalue weighted by Gasteiger charge is 2.09. The second-order valence-electron chi connectivity index (χ2n) is 7.25. The Kier molecular flexibility index (Phi) is 6.80. The van der Waals surface area contributed by atoms with Crippen LogP contribution in [-0.2, 0) is 4.79 Å². The Labute approximate surface area is 192 Å². The molecule has 4 aromatic rings. The number of hydrogen-bond acceptors (Lipinski definition) is 6. The summed E-state index contributed by atoms with van der Waals surface area (Å²) in [6.07, 6.45) is 0. The van der Waals surface area contributed by atoms with E-state index in [-0.39, 0.29) is 12.5 Å². The fraction of sp³-hybridized carbons (Fsp3) is 0.115. The molecule has 1 amide bonds. The second-order valence-corrected chi connectivity index (χ2v) is 7.25. The van der Waals surface area contributed by atoms with Crippen LogP contribution in [-0.4, -0.2) is 29.6 Å². The molecule has 0 saturated carbocycles. The number of aryl methyl sites for hydroxylation is 1. The van der Waals surface area contributed by atoms with E-state index in [2.05, 4.69) is 20.6 Å². The molecule has 0 bridgehead atoms. The van der Waals surface area contributed by atoms with Gasteiger partial charge in [-0.2, -0.15) is 0 Å². The number of anilines is 3. The van der Waals surface area contributed by atoms with E-state index in [4.69, 9.17) is 9.47 Å². The van der Waals surface area contributed by atoms with E-state index < -0.39 is 0 Å². The van der Waals surface area contributed by atoms with Crippen molar-refractivity contribution in [3.63, 3.8) is 0 Å². The molecule has 7 heteroatoms. The van der Waals surface area contributed by atoms with Crippen molar-refractivity contribution < 1.29 is 14.3 Å². The van der Waals surface area contributed by atoms with Crippen molar-refractivity contribution in [2.24, 2.45) is 0 Å². The van der Waals surface area contributed by atoms with Crippen LogP contribution in [0.25, 0.3) is 11.3 Å². The summed E-state index contributed by atoms with van der Waals surface area (Å²) >= 11 is 0. The van der Waals surface area contributed by atoms with Gasteiger partial charge in [-0.05, 0) is 37.3 Å². The summed E-state index contributed by atoms with van der Waals surface area (Å²) in [5.74, 6) is 2.15. The lowest BCUT2D eigenvalue weighted by atomic mass is 10.1. The molecule has 0 aliphatic carbocycles. The van der Waals surface area contributed by atoms with Crippen molar-refractivity contribution in [1.29, 1.82) is 0 Å². The van der Waals surface area contributed by atoms with E-state index in [0.29, 0.717) is 28.8 Å². The van der Waals surface area contributed by atoms with Gasteiger partial charge < -0.3 is 20.1 Å². The van der Waals surface area contributed by atoms with Crippen LogP contribution in [0.3, 0.4) is 0 Å². The topological polar surface area (TPSA) is 85.4 Å². The number of ether oxygens (including phenoxy) is 2. The van der Waals surface area contributed by atoms with Crippen LogP contribution in [0.5, 0.6) is 11.5 Å². The van der Waals surface area contributed by atoms with Crippen molar-refractivity contribution in [3.8, 4) is 22.8 Å². The molecule has 7 nitrogen and oxygen atoms in total. The molecule has 2 N–H and O–H groups in total. The first kappa shape index (κ1) is 21.8. The second kappa shape index (κ2) is 10.3. The van der Waals surface area contributed by atoms with Crippen LogP contribution in [0.2, 0.25) is 0 Å². The van der Waals surface area contributed by atoms with Crippen LogP contribution in [0.4, 0.5) is 17.2 Å². The minimum atomic E-state index is -0.276. The van der Waals surface area contributed by atoms with Gasteiger partial charge in [-0.3, -0.25) is 4.79 Å². The van der Waals surface area contributed by atoms with E-state index in [1.807, 2.05) is 79.7 Å². The number of hydrogen-bond donors (Lipinski definition) is 2. The highest BCUT2D eigenvalue weighted by molar-refractivity contribution is 5.92. The minimum absolute atomic E-state index is 0.135. The number of nitrogens with zero attached hydrogens (tertiary/aromatic N) is 2. The fourth-order valence-corrected chi connectivity index (χ4v) is 3.29. The molecule has 0 aliphatic heterocycles. The zero-order valence-electron chi connectivity index (χ0n) is 18.4. The first-order chi connectivity index (χ1) is 16.1. The molecule has 0 fully saturated rings. The number of rotatable bonds is 8. The van der Waals surface area contributed by atoms with Gasteiger partial charge in [0.05, 0.1) is 12.8 Å². The normalized spacial score (nSPS) is 10.4. The van der Waals surface area contributed by atoms with Crippen molar-refractivity contribution in [3.05, 3.63) is 90.8 Å². The molecular formula is C26H24N4O3. The van der Waals surface area contributed by atoms with Crippen LogP contribution >= 0.6 is 0 Å². The lowest BCUT2D eigenvalue weighted by Crippen LogP contribution is -2.20. The van der Waals surface area contributed by atoms with Gasteiger partial charge in [0.25, 0.3) is 5.91 Å². The Morgan fingerprint density at radius 1 is 0.848 bits per heavy atom. The summed E-state index contributed by atoms with van der Waals surface area (Å²) in [6, 6.07) is 26.4. The Hall–Kier alpha value is -4.39. The number of benzene rings is 3. The van der Waals surface area contributed by atoms with Gasteiger partial charge in [0.2, 0.25) is 0 Å². The summed E-state index contributed by atoms with van der Waals surface area (Å²) in [7, 11) is 1.56. The largest absolute Gasteiger partial charge is 0.493 e. The monoisotopic (exact) mass is 440 g/mol. The third kappa shape index (κ3) is 5.86. The zero-order chi connectivity index (χ0) is 23.0. The lowest BCUT2D eigenvalue weighted by Gasteiger charge is -2.12. The lowest BCUT2D eigenvalue weighted by molar-refractivity contribution is -0.118. The molecule has 166 valence electrons. The first-order valence-electron chi connectivity index (χ1n) is 10.4. The van der Waals surface area contributed by atoms with Crippen LogP contribution in [0, 0.1) is 6.92 Å². The average molecular weight is 441 g/mol. The van der Waals surface area contributed by atoms with Gasteiger partial charge in [-0.15, -0.1) is 0 Å². The predicted molar refractivity (Wildman–Crippen MR) is 129 cm³/mol. The van der Waals surface area contributed by atoms with Gasteiger partial charge >= 0.3 is 0 Å².